The van der Waals surface area contributed by atoms with Crippen LogP contribution in [0, 0.1) is 0 Å². The summed E-state index contributed by atoms with van der Waals surface area (Å²) in [5, 5.41) is 12.1. The highest BCUT2D eigenvalue weighted by Crippen LogP contribution is 2.70. The summed E-state index contributed by atoms with van der Waals surface area (Å²) in [6.07, 6.45) is 0.532. The molecule has 2 aromatic carbocycles. The molecule has 0 amide bonds. The number of aromatic nitrogens is 1. The van der Waals surface area contributed by atoms with E-state index in [1.165, 1.54) is 12.3 Å². The molecule has 1 N–H and O–H groups in total. The fourth-order valence-electron chi connectivity index (χ4n) is 4.78. The highest BCUT2D eigenvalue weighted by molar-refractivity contribution is 9.10. The van der Waals surface area contributed by atoms with E-state index < -0.39 is 29.5 Å². The summed E-state index contributed by atoms with van der Waals surface area (Å²) in [4.78, 5) is 4.21. The van der Waals surface area contributed by atoms with E-state index in [1.54, 1.807) is 54.6 Å². The number of halogens is 4. The molecule has 7 heteroatoms. The Morgan fingerprint density at radius 3 is 2.48 bits per heavy atom. The van der Waals surface area contributed by atoms with E-state index in [2.05, 4.69) is 20.9 Å². The second-order valence-electron chi connectivity index (χ2n) is 7.49. The van der Waals surface area contributed by atoms with Gasteiger partial charge in [0.15, 0.2) is 11.2 Å². The quantitative estimate of drug-likeness (QED) is 0.506. The van der Waals surface area contributed by atoms with Crippen LogP contribution in [-0.2, 0) is 11.2 Å². The van der Waals surface area contributed by atoms with E-state index in [1.807, 2.05) is 0 Å². The first-order valence-electron chi connectivity index (χ1n) is 9.04. The van der Waals surface area contributed by atoms with Crippen LogP contribution < -0.4 is 4.74 Å². The third-order valence-corrected chi connectivity index (χ3v) is 6.56. The maximum atomic E-state index is 15.5. The van der Waals surface area contributed by atoms with Crippen molar-refractivity contribution in [2.45, 2.75) is 29.5 Å². The smallest absolute Gasteiger partial charge is 0.262 e. The predicted octanol–water partition coefficient (Wildman–Crippen LogP) is 5.80. The fraction of sp³-hybridized carbons (Fsp3) is 0.227. The summed E-state index contributed by atoms with van der Waals surface area (Å²) in [7, 11) is 0. The molecular weight excluding hydrogens is 464 g/mol. The molecule has 1 saturated carbocycles. The highest BCUT2D eigenvalue weighted by atomic mass is 79.9. The number of hydrogen-bond donors (Lipinski definition) is 1. The van der Waals surface area contributed by atoms with Crippen LogP contribution in [0.1, 0.15) is 29.2 Å². The first-order chi connectivity index (χ1) is 13.8. The lowest BCUT2D eigenvalue weighted by atomic mass is 9.72. The Kier molecular flexibility index (Phi) is 4.08. The van der Waals surface area contributed by atoms with Crippen molar-refractivity contribution in [3.05, 3.63) is 93.2 Å². The molecule has 29 heavy (non-hydrogen) atoms. The molecule has 3 nitrogen and oxygen atoms in total. The molecule has 0 saturated heterocycles. The monoisotopic (exact) mass is 477 g/mol. The number of pyridine rings is 1. The Bertz CT molecular complexity index is 1100. The van der Waals surface area contributed by atoms with Crippen molar-refractivity contribution in [3.63, 3.8) is 0 Å². The average molecular weight is 479 g/mol. The minimum atomic E-state index is -3.23. The number of rotatable bonds is 2. The van der Waals surface area contributed by atoms with Gasteiger partial charge in [0.1, 0.15) is 11.4 Å². The summed E-state index contributed by atoms with van der Waals surface area (Å²) < 4.78 is 38.1. The van der Waals surface area contributed by atoms with E-state index >= 15 is 8.78 Å². The van der Waals surface area contributed by atoms with E-state index in [-0.39, 0.29) is 11.4 Å². The Labute approximate surface area is 179 Å². The Morgan fingerprint density at radius 1 is 1.10 bits per heavy atom. The van der Waals surface area contributed by atoms with Crippen LogP contribution in [0.5, 0.6) is 5.75 Å². The zero-order valence-electron chi connectivity index (χ0n) is 14.9. The van der Waals surface area contributed by atoms with Crippen LogP contribution in [-0.4, -0.2) is 16.0 Å². The number of ether oxygens (including phenoxy) is 1. The molecule has 1 aliphatic heterocycles. The van der Waals surface area contributed by atoms with Crippen molar-refractivity contribution < 1.29 is 18.6 Å². The van der Waals surface area contributed by atoms with Crippen molar-refractivity contribution in [3.8, 4) is 5.75 Å². The van der Waals surface area contributed by atoms with Gasteiger partial charge in [-0.05, 0) is 23.3 Å². The second kappa shape index (κ2) is 6.24. The minimum Gasteiger partial charge on any atom is -0.476 e. The second-order valence-corrected chi connectivity index (χ2v) is 8.84. The Hall–Kier alpha value is -2.02. The van der Waals surface area contributed by atoms with Crippen LogP contribution in [0.25, 0.3) is 0 Å². The lowest BCUT2D eigenvalue weighted by Crippen LogP contribution is -2.48. The van der Waals surface area contributed by atoms with Crippen molar-refractivity contribution >= 4 is 27.5 Å². The molecule has 0 spiro atoms. The lowest BCUT2D eigenvalue weighted by molar-refractivity contribution is -0.107. The number of fused-ring (bicyclic) bond motifs is 3. The summed E-state index contributed by atoms with van der Waals surface area (Å²) in [6.45, 7) is 0. The Morgan fingerprint density at radius 2 is 1.79 bits per heavy atom. The van der Waals surface area contributed by atoms with Crippen molar-refractivity contribution in [1.29, 1.82) is 0 Å². The number of benzene rings is 2. The highest BCUT2D eigenvalue weighted by Gasteiger charge is 2.78. The molecule has 2 heterocycles. The first-order valence-corrected chi connectivity index (χ1v) is 10.2. The third kappa shape index (κ3) is 2.52. The zero-order valence-corrected chi connectivity index (χ0v) is 17.3. The van der Waals surface area contributed by atoms with Gasteiger partial charge < -0.3 is 9.84 Å². The number of aliphatic hydroxyl groups is 1. The van der Waals surface area contributed by atoms with Crippen LogP contribution in [0.15, 0.2) is 71.3 Å². The van der Waals surface area contributed by atoms with Gasteiger partial charge in [0.05, 0.1) is 17.4 Å². The largest absolute Gasteiger partial charge is 0.476 e. The molecular formula is C22H15BrClF2NO2. The summed E-state index contributed by atoms with van der Waals surface area (Å²) in [5.74, 6) is -4.43. The molecule has 0 bridgehead atoms. The molecule has 1 aliphatic carbocycles. The maximum Gasteiger partial charge on any atom is 0.262 e. The zero-order chi connectivity index (χ0) is 20.4. The lowest BCUT2D eigenvalue weighted by Gasteiger charge is -2.39. The fourth-order valence-corrected chi connectivity index (χ4v) is 5.19. The van der Waals surface area contributed by atoms with Gasteiger partial charge in [-0.25, -0.2) is 8.78 Å². The molecule has 0 radical (unpaired) electrons. The summed E-state index contributed by atoms with van der Waals surface area (Å²) >= 11 is 9.45. The number of hydrogen-bond acceptors (Lipinski definition) is 3. The molecule has 5 rings (SSSR count). The summed E-state index contributed by atoms with van der Waals surface area (Å²) in [5.41, 5.74) is -2.86. The number of nitrogens with zero attached hydrogens (tertiary/aromatic N) is 1. The molecule has 148 valence electrons. The van der Waals surface area contributed by atoms with Crippen molar-refractivity contribution in [2.75, 3.05) is 0 Å². The van der Waals surface area contributed by atoms with Gasteiger partial charge in [0, 0.05) is 16.7 Å². The summed E-state index contributed by atoms with van der Waals surface area (Å²) in [6, 6.07) is 16.8. The van der Waals surface area contributed by atoms with Crippen LogP contribution in [0.3, 0.4) is 0 Å². The van der Waals surface area contributed by atoms with E-state index in [0.717, 1.165) is 4.47 Å². The van der Waals surface area contributed by atoms with E-state index in [0.29, 0.717) is 16.1 Å². The van der Waals surface area contributed by atoms with Crippen molar-refractivity contribution in [2.24, 2.45) is 0 Å². The average Bonchev–Trinajstić information content (AvgIpc) is 3.01. The van der Waals surface area contributed by atoms with Crippen molar-refractivity contribution in [1.82, 2.24) is 4.98 Å². The number of alkyl halides is 2. The van der Waals surface area contributed by atoms with E-state index in [4.69, 9.17) is 16.3 Å². The normalized spacial score (nSPS) is 29.2. The standard InChI is InChI=1S/C22H15BrClF2NO2/c23-15-8-6-14(7-9-15)22-18(13-4-2-1-3-5-13)21(25,26)12-20(22,28)19-17(29-22)10-16(24)11-27-19/h1-11,18,28H,12H2/t18?,20-,22?/m1/s1. The topological polar surface area (TPSA) is 42.4 Å². The van der Waals surface area contributed by atoms with Gasteiger partial charge in [-0.15, -0.1) is 0 Å². The van der Waals surface area contributed by atoms with Crippen LogP contribution >= 0.6 is 27.5 Å². The van der Waals surface area contributed by atoms with Gasteiger partial charge in [-0.2, -0.15) is 0 Å². The molecule has 1 aromatic heterocycles. The molecule has 1 fully saturated rings. The minimum absolute atomic E-state index is 0.0860. The van der Waals surface area contributed by atoms with Gasteiger partial charge in [0.2, 0.25) is 0 Å². The maximum absolute atomic E-state index is 15.5. The van der Waals surface area contributed by atoms with E-state index in [9.17, 15) is 5.11 Å². The van der Waals surface area contributed by atoms with Crippen LogP contribution in [0.4, 0.5) is 8.78 Å². The van der Waals surface area contributed by atoms with Gasteiger partial charge in [-0.1, -0.05) is 70.0 Å². The third-order valence-electron chi connectivity index (χ3n) is 5.82. The molecule has 3 aromatic rings. The Balaban J connectivity index is 1.84. The predicted molar refractivity (Wildman–Crippen MR) is 108 cm³/mol. The molecule has 2 unspecified atom stereocenters. The van der Waals surface area contributed by atoms with Gasteiger partial charge in [-0.3, -0.25) is 4.98 Å². The van der Waals surface area contributed by atoms with Gasteiger partial charge >= 0.3 is 0 Å². The van der Waals surface area contributed by atoms with Gasteiger partial charge in [0.25, 0.3) is 5.92 Å². The van der Waals surface area contributed by atoms with Crippen LogP contribution in [0.2, 0.25) is 5.02 Å². The molecule has 2 aliphatic rings. The molecule has 3 atom stereocenters. The SMILES string of the molecule is O[C@@]12CC(F)(F)C(c3ccccc3)C1(c1ccc(Br)cc1)Oc1cc(Cl)cnc12. The first kappa shape index (κ1) is 19.0.